The van der Waals surface area contributed by atoms with Crippen LogP contribution in [-0.2, 0) is 0 Å². The van der Waals surface area contributed by atoms with Crippen molar-refractivity contribution in [1.29, 1.82) is 0 Å². The molecule has 4 heteroatoms. The molecule has 1 saturated carbocycles. The molecule has 3 saturated heterocycles. The molecule has 0 atom stereocenters. The summed E-state index contributed by atoms with van der Waals surface area (Å²) in [5.41, 5.74) is 0.692. The molecular formula is C20H37N3O. The molecule has 0 aromatic heterocycles. The Labute approximate surface area is 148 Å². The van der Waals surface area contributed by atoms with Crippen LogP contribution in [0.5, 0.6) is 0 Å². The Kier molecular flexibility index (Phi) is 5.19. The lowest BCUT2D eigenvalue weighted by Gasteiger charge is -2.55. The molecule has 4 nitrogen and oxygen atoms in total. The predicted octanol–water partition coefficient (Wildman–Crippen LogP) is 1.89. The standard InChI is InChI=1S/C20H37N3O/c1-2-21-9-5-20(6-10-21)15-23(16-20)13-17-3-7-22(8-4-17)14-18-11-19(24)12-18/h17-19,24H,2-16H2,1H3. The Morgan fingerprint density at radius 3 is 2.04 bits per heavy atom. The summed E-state index contributed by atoms with van der Waals surface area (Å²) in [6.45, 7) is 14.1. The highest BCUT2D eigenvalue weighted by molar-refractivity contribution is 4.98. The zero-order valence-electron chi connectivity index (χ0n) is 15.6. The monoisotopic (exact) mass is 335 g/mol. The molecule has 0 aromatic carbocycles. The first-order chi connectivity index (χ1) is 11.6. The van der Waals surface area contributed by atoms with Gasteiger partial charge in [-0.25, -0.2) is 0 Å². The third kappa shape index (κ3) is 3.82. The third-order valence-electron chi connectivity index (χ3n) is 7.43. The molecule has 4 rings (SSSR count). The second kappa shape index (κ2) is 7.22. The van der Waals surface area contributed by atoms with E-state index in [4.69, 9.17) is 0 Å². The van der Waals surface area contributed by atoms with Gasteiger partial charge < -0.3 is 19.8 Å². The van der Waals surface area contributed by atoms with Gasteiger partial charge in [-0.3, -0.25) is 0 Å². The summed E-state index contributed by atoms with van der Waals surface area (Å²) in [4.78, 5) is 8.03. The summed E-state index contributed by atoms with van der Waals surface area (Å²) >= 11 is 0. The normalized spacial score (nSPS) is 35.8. The van der Waals surface area contributed by atoms with Crippen molar-refractivity contribution in [2.45, 2.75) is 51.6 Å². The van der Waals surface area contributed by atoms with Crippen molar-refractivity contribution in [2.75, 3.05) is 58.9 Å². The van der Waals surface area contributed by atoms with E-state index in [1.807, 2.05) is 0 Å². The van der Waals surface area contributed by atoms with E-state index in [2.05, 4.69) is 21.6 Å². The average molecular weight is 336 g/mol. The van der Waals surface area contributed by atoms with Crippen LogP contribution < -0.4 is 0 Å². The summed E-state index contributed by atoms with van der Waals surface area (Å²) in [7, 11) is 0. The number of piperidine rings is 2. The van der Waals surface area contributed by atoms with Gasteiger partial charge in [-0.15, -0.1) is 0 Å². The van der Waals surface area contributed by atoms with Crippen LogP contribution in [0.3, 0.4) is 0 Å². The van der Waals surface area contributed by atoms with Gasteiger partial charge in [0.05, 0.1) is 6.10 Å². The predicted molar refractivity (Wildman–Crippen MR) is 98.1 cm³/mol. The van der Waals surface area contributed by atoms with E-state index < -0.39 is 0 Å². The average Bonchev–Trinajstić information content (AvgIpc) is 2.54. The van der Waals surface area contributed by atoms with Crippen LogP contribution in [0.25, 0.3) is 0 Å². The number of hydrogen-bond acceptors (Lipinski definition) is 4. The van der Waals surface area contributed by atoms with Gasteiger partial charge in [0.2, 0.25) is 0 Å². The van der Waals surface area contributed by atoms with Crippen molar-refractivity contribution in [2.24, 2.45) is 17.3 Å². The van der Waals surface area contributed by atoms with Crippen molar-refractivity contribution in [3.8, 4) is 0 Å². The minimum atomic E-state index is 0.00969. The lowest BCUT2D eigenvalue weighted by atomic mass is 9.71. The molecule has 3 heterocycles. The van der Waals surface area contributed by atoms with E-state index >= 15 is 0 Å². The van der Waals surface area contributed by atoms with Crippen molar-refractivity contribution in [1.82, 2.24) is 14.7 Å². The highest BCUT2D eigenvalue weighted by atomic mass is 16.3. The highest BCUT2D eigenvalue weighted by Crippen LogP contribution is 2.41. The zero-order chi connectivity index (χ0) is 16.6. The summed E-state index contributed by atoms with van der Waals surface area (Å²) in [6.07, 6.45) is 7.75. The molecule has 24 heavy (non-hydrogen) atoms. The van der Waals surface area contributed by atoms with Gasteiger partial charge in [-0.2, -0.15) is 0 Å². The lowest BCUT2D eigenvalue weighted by molar-refractivity contribution is -0.0569. The molecule has 0 aromatic rings. The van der Waals surface area contributed by atoms with E-state index in [0.29, 0.717) is 5.41 Å². The first-order valence-corrected chi connectivity index (χ1v) is 10.5. The molecule has 138 valence electrons. The van der Waals surface area contributed by atoms with Crippen LogP contribution in [-0.4, -0.2) is 84.8 Å². The maximum Gasteiger partial charge on any atom is 0.0546 e. The molecule has 3 aliphatic heterocycles. The zero-order valence-corrected chi connectivity index (χ0v) is 15.6. The summed E-state index contributed by atoms with van der Waals surface area (Å²) in [5, 5.41) is 9.43. The van der Waals surface area contributed by atoms with Crippen LogP contribution in [0, 0.1) is 17.3 Å². The van der Waals surface area contributed by atoms with Gasteiger partial charge in [0.15, 0.2) is 0 Å². The second-order valence-electron chi connectivity index (χ2n) is 9.34. The van der Waals surface area contributed by atoms with Gasteiger partial charge in [-0.05, 0) is 88.5 Å². The Morgan fingerprint density at radius 1 is 0.833 bits per heavy atom. The van der Waals surface area contributed by atoms with E-state index in [9.17, 15) is 5.11 Å². The second-order valence-corrected chi connectivity index (χ2v) is 9.34. The molecular weight excluding hydrogens is 298 g/mol. The Hall–Kier alpha value is -0.160. The van der Waals surface area contributed by atoms with Crippen LogP contribution in [0.4, 0.5) is 0 Å². The smallest absolute Gasteiger partial charge is 0.0546 e. The van der Waals surface area contributed by atoms with Crippen molar-refractivity contribution in [3.05, 3.63) is 0 Å². The summed E-state index contributed by atoms with van der Waals surface area (Å²) in [5.74, 6) is 1.71. The first kappa shape index (κ1) is 17.3. The van der Waals surface area contributed by atoms with Crippen LogP contribution in [0.2, 0.25) is 0 Å². The maximum absolute atomic E-state index is 9.43. The third-order valence-corrected chi connectivity index (χ3v) is 7.43. The molecule has 4 fully saturated rings. The topological polar surface area (TPSA) is 30.0 Å². The molecule has 0 amide bonds. The number of rotatable bonds is 5. The molecule has 1 aliphatic carbocycles. The van der Waals surface area contributed by atoms with Crippen molar-refractivity contribution < 1.29 is 5.11 Å². The van der Waals surface area contributed by atoms with E-state index in [0.717, 1.165) is 24.7 Å². The SMILES string of the molecule is CCN1CCC2(CC1)CN(CC1CCN(CC3CC(O)C3)CC1)C2. The molecule has 4 aliphatic rings. The van der Waals surface area contributed by atoms with Gasteiger partial charge in [0.25, 0.3) is 0 Å². The number of likely N-dealkylation sites (tertiary alicyclic amines) is 3. The number of aliphatic hydroxyl groups is 1. The van der Waals surface area contributed by atoms with Crippen LogP contribution in [0.1, 0.15) is 45.4 Å². The highest BCUT2D eigenvalue weighted by Gasteiger charge is 2.44. The van der Waals surface area contributed by atoms with Crippen LogP contribution >= 0.6 is 0 Å². The Balaban J connectivity index is 1.12. The minimum absolute atomic E-state index is 0.00969. The number of nitrogens with zero attached hydrogens (tertiary/aromatic N) is 3. The summed E-state index contributed by atoms with van der Waals surface area (Å²) in [6, 6.07) is 0. The van der Waals surface area contributed by atoms with Gasteiger partial charge in [-0.1, -0.05) is 6.92 Å². The molecule has 1 spiro atoms. The maximum atomic E-state index is 9.43. The van der Waals surface area contributed by atoms with E-state index in [1.54, 1.807) is 0 Å². The fourth-order valence-electron chi connectivity index (χ4n) is 5.62. The largest absolute Gasteiger partial charge is 0.393 e. The quantitative estimate of drug-likeness (QED) is 0.831. The molecule has 0 bridgehead atoms. The van der Waals surface area contributed by atoms with E-state index in [-0.39, 0.29) is 6.10 Å². The fraction of sp³-hybridized carbons (Fsp3) is 1.00. The van der Waals surface area contributed by atoms with Crippen molar-refractivity contribution in [3.63, 3.8) is 0 Å². The van der Waals surface area contributed by atoms with Gasteiger partial charge in [0, 0.05) is 26.2 Å². The molecule has 0 radical (unpaired) electrons. The first-order valence-electron chi connectivity index (χ1n) is 10.5. The number of aliphatic hydroxyl groups excluding tert-OH is 1. The number of hydrogen-bond donors (Lipinski definition) is 1. The van der Waals surface area contributed by atoms with E-state index in [1.165, 1.54) is 84.6 Å². The van der Waals surface area contributed by atoms with Gasteiger partial charge >= 0.3 is 0 Å². The summed E-state index contributed by atoms with van der Waals surface area (Å²) < 4.78 is 0. The molecule has 0 unspecified atom stereocenters. The van der Waals surface area contributed by atoms with Crippen LogP contribution in [0.15, 0.2) is 0 Å². The van der Waals surface area contributed by atoms with Gasteiger partial charge in [0.1, 0.15) is 0 Å². The van der Waals surface area contributed by atoms with Crippen molar-refractivity contribution >= 4 is 0 Å². The fourth-order valence-corrected chi connectivity index (χ4v) is 5.62. The lowest BCUT2D eigenvalue weighted by Crippen LogP contribution is -2.61. The Morgan fingerprint density at radius 2 is 1.46 bits per heavy atom. The Bertz CT molecular complexity index is 399. The molecule has 1 N–H and O–H groups in total. The minimum Gasteiger partial charge on any atom is -0.393 e.